The largest absolute Gasteiger partial charge is 0.480 e. The predicted octanol–water partition coefficient (Wildman–Crippen LogP) is 0.709. The minimum atomic E-state index is -3.67. The first-order chi connectivity index (χ1) is 8.21. The molecule has 18 heavy (non-hydrogen) atoms. The lowest BCUT2D eigenvalue weighted by atomic mass is 10.1. The number of nitrogens with one attached hydrogen (secondary N) is 1. The Morgan fingerprint density at radius 2 is 2.06 bits per heavy atom. The second kappa shape index (κ2) is 5.24. The van der Waals surface area contributed by atoms with Crippen LogP contribution in [0.15, 0.2) is 0 Å². The zero-order chi connectivity index (χ0) is 14.0. The summed E-state index contributed by atoms with van der Waals surface area (Å²) in [6.07, 6.45) is 1.62. The van der Waals surface area contributed by atoms with Crippen LogP contribution in [0.4, 0.5) is 0 Å². The van der Waals surface area contributed by atoms with Crippen molar-refractivity contribution in [3.63, 3.8) is 0 Å². The molecule has 6 nitrogen and oxygen atoms in total. The highest BCUT2D eigenvalue weighted by Crippen LogP contribution is 2.49. The lowest BCUT2D eigenvalue weighted by Gasteiger charge is -2.19. The lowest BCUT2D eigenvalue weighted by Crippen LogP contribution is -2.46. The molecule has 0 radical (unpaired) electrons. The van der Waals surface area contributed by atoms with E-state index in [2.05, 4.69) is 4.72 Å². The van der Waals surface area contributed by atoms with E-state index in [9.17, 15) is 13.2 Å². The molecule has 2 N–H and O–H groups in total. The van der Waals surface area contributed by atoms with Crippen molar-refractivity contribution in [2.45, 2.75) is 39.2 Å². The van der Waals surface area contributed by atoms with Crippen LogP contribution in [0.5, 0.6) is 0 Å². The van der Waals surface area contributed by atoms with Gasteiger partial charge in [-0.1, -0.05) is 13.8 Å². The van der Waals surface area contributed by atoms with E-state index in [1.807, 2.05) is 6.07 Å². The fourth-order valence-electron chi connectivity index (χ4n) is 1.83. The molecule has 1 fully saturated rings. The zero-order valence-electron chi connectivity index (χ0n) is 10.5. The van der Waals surface area contributed by atoms with Crippen molar-refractivity contribution in [3.05, 3.63) is 0 Å². The van der Waals surface area contributed by atoms with Crippen molar-refractivity contribution in [1.29, 1.82) is 5.26 Å². The highest BCUT2D eigenvalue weighted by molar-refractivity contribution is 7.89. The van der Waals surface area contributed by atoms with E-state index in [4.69, 9.17) is 10.4 Å². The van der Waals surface area contributed by atoms with Gasteiger partial charge in [-0.3, -0.25) is 4.79 Å². The molecular weight excluding hydrogens is 256 g/mol. The molecule has 102 valence electrons. The number of sulfonamides is 1. The number of hydrogen-bond acceptors (Lipinski definition) is 4. The highest BCUT2D eigenvalue weighted by atomic mass is 32.2. The Labute approximate surface area is 107 Å². The first-order valence-electron chi connectivity index (χ1n) is 5.81. The van der Waals surface area contributed by atoms with Gasteiger partial charge in [0.15, 0.2) is 0 Å². The second-order valence-electron chi connectivity index (χ2n) is 5.27. The first kappa shape index (κ1) is 14.9. The molecule has 0 aliphatic heterocycles. The molecule has 0 aromatic heterocycles. The van der Waals surface area contributed by atoms with Crippen molar-refractivity contribution in [2.75, 3.05) is 5.75 Å². The van der Waals surface area contributed by atoms with Gasteiger partial charge in [0.1, 0.15) is 6.04 Å². The number of carbonyl (C=O) groups is 1. The fraction of sp³-hybridized carbons (Fsp3) is 0.818. The van der Waals surface area contributed by atoms with E-state index in [1.54, 1.807) is 13.8 Å². The maximum absolute atomic E-state index is 11.9. The van der Waals surface area contributed by atoms with Gasteiger partial charge in [-0.2, -0.15) is 5.26 Å². The van der Waals surface area contributed by atoms with Crippen molar-refractivity contribution in [1.82, 2.24) is 4.72 Å². The van der Waals surface area contributed by atoms with Gasteiger partial charge in [0.2, 0.25) is 10.0 Å². The van der Waals surface area contributed by atoms with Gasteiger partial charge in [-0.15, -0.1) is 0 Å². The molecular formula is C11H18N2O4S. The Morgan fingerprint density at radius 1 is 1.50 bits per heavy atom. The molecule has 1 atom stereocenters. The van der Waals surface area contributed by atoms with Crippen LogP contribution in [0.1, 0.15) is 33.1 Å². The Kier molecular flexibility index (Phi) is 4.35. The summed E-state index contributed by atoms with van der Waals surface area (Å²) in [7, 11) is -3.67. The molecule has 1 aliphatic rings. The van der Waals surface area contributed by atoms with Crippen molar-refractivity contribution < 1.29 is 18.3 Å². The molecule has 1 rings (SSSR count). The van der Waals surface area contributed by atoms with Crippen molar-refractivity contribution >= 4 is 16.0 Å². The molecule has 7 heteroatoms. The third-order valence-electron chi connectivity index (χ3n) is 3.15. The van der Waals surface area contributed by atoms with Crippen LogP contribution >= 0.6 is 0 Å². The maximum Gasteiger partial charge on any atom is 0.321 e. The van der Waals surface area contributed by atoms with Crippen LogP contribution in [0, 0.1) is 22.7 Å². The number of carboxylic acids is 1. The summed E-state index contributed by atoms with van der Waals surface area (Å²) in [6.45, 7) is 3.28. The first-order valence-corrected chi connectivity index (χ1v) is 7.46. The van der Waals surface area contributed by atoms with Crippen LogP contribution in [-0.4, -0.2) is 31.3 Å². The molecule has 0 aromatic rings. The quantitative estimate of drug-likeness (QED) is 0.711. The summed E-state index contributed by atoms with van der Waals surface area (Å²) in [5.41, 5.74) is -0.458. The smallest absolute Gasteiger partial charge is 0.321 e. The summed E-state index contributed by atoms with van der Waals surface area (Å²) in [5, 5.41) is 17.6. The van der Waals surface area contributed by atoms with Gasteiger partial charge < -0.3 is 5.11 Å². The molecule has 1 aliphatic carbocycles. The molecule has 0 spiro atoms. The fourth-order valence-corrected chi connectivity index (χ4v) is 3.87. The van der Waals surface area contributed by atoms with Gasteiger partial charge >= 0.3 is 5.97 Å². The average molecular weight is 274 g/mol. The Bertz CT molecular complexity index is 460. The second-order valence-corrected chi connectivity index (χ2v) is 7.03. The standard InChI is InChI=1S/C11H18N2O4S/c1-8(2)9(10(14)15)13-18(16,17)7-11(3-4-11)5-6-12/h8-9,13H,3-5,7H2,1-2H3,(H,14,15)/t9-/m1/s1. The molecule has 1 saturated carbocycles. The predicted molar refractivity (Wildman–Crippen MR) is 65.1 cm³/mol. The zero-order valence-corrected chi connectivity index (χ0v) is 11.3. The molecule has 0 saturated heterocycles. The Morgan fingerprint density at radius 3 is 2.39 bits per heavy atom. The molecule has 0 aromatic carbocycles. The SMILES string of the molecule is CC(C)[C@@H](NS(=O)(=O)CC1(CC#N)CC1)C(=O)O. The van der Waals surface area contributed by atoms with Gasteiger partial charge in [0.25, 0.3) is 0 Å². The summed E-state index contributed by atoms with van der Waals surface area (Å²) in [5.74, 6) is -1.67. The van der Waals surface area contributed by atoms with Gasteiger partial charge in [0.05, 0.1) is 11.8 Å². The Hall–Kier alpha value is -1.13. The molecule has 0 heterocycles. The maximum atomic E-state index is 11.9. The highest BCUT2D eigenvalue weighted by Gasteiger charge is 2.46. The van der Waals surface area contributed by atoms with E-state index in [0.29, 0.717) is 12.8 Å². The number of nitriles is 1. The van der Waals surface area contributed by atoms with Gasteiger partial charge in [-0.25, -0.2) is 13.1 Å². The van der Waals surface area contributed by atoms with Crippen molar-refractivity contribution in [2.24, 2.45) is 11.3 Å². The van der Waals surface area contributed by atoms with E-state index < -0.39 is 27.4 Å². The minimum absolute atomic E-state index is 0.163. The minimum Gasteiger partial charge on any atom is -0.480 e. The number of rotatable bonds is 7. The molecule has 0 amide bonds. The lowest BCUT2D eigenvalue weighted by molar-refractivity contribution is -0.140. The number of hydrogen-bond donors (Lipinski definition) is 2. The van der Waals surface area contributed by atoms with E-state index >= 15 is 0 Å². The molecule has 0 unspecified atom stereocenters. The summed E-state index contributed by atoms with van der Waals surface area (Å²) >= 11 is 0. The third-order valence-corrected chi connectivity index (χ3v) is 4.75. The summed E-state index contributed by atoms with van der Waals surface area (Å²) in [4.78, 5) is 10.9. The van der Waals surface area contributed by atoms with Crippen LogP contribution < -0.4 is 4.72 Å². The van der Waals surface area contributed by atoms with Crippen molar-refractivity contribution in [3.8, 4) is 6.07 Å². The summed E-state index contributed by atoms with van der Waals surface area (Å²) < 4.78 is 26.0. The normalized spacial score (nSPS) is 19.2. The van der Waals surface area contributed by atoms with Crippen LogP contribution in [0.3, 0.4) is 0 Å². The van der Waals surface area contributed by atoms with Crippen LogP contribution in [0.25, 0.3) is 0 Å². The van der Waals surface area contributed by atoms with Gasteiger partial charge in [-0.05, 0) is 24.2 Å². The number of aliphatic carboxylic acids is 1. The Balaban J connectivity index is 2.71. The van der Waals surface area contributed by atoms with E-state index in [-0.39, 0.29) is 18.1 Å². The van der Waals surface area contributed by atoms with Gasteiger partial charge in [0, 0.05) is 6.42 Å². The molecule has 0 bridgehead atoms. The van der Waals surface area contributed by atoms with E-state index in [0.717, 1.165) is 0 Å². The topological polar surface area (TPSA) is 107 Å². The number of nitrogens with zero attached hydrogens (tertiary/aromatic N) is 1. The third kappa shape index (κ3) is 3.96. The summed E-state index contributed by atoms with van der Waals surface area (Å²) in [6, 6.07) is 0.866. The van der Waals surface area contributed by atoms with E-state index in [1.165, 1.54) is 0 Å². The average Bonchev–Trinajstić information content (AvgIpc) is 2.93. The van der Waals surface area contributed by atoms with Crippen LogP contribution in [0.2, 0.25) is 0 Å². The monoisotopic (exact) mass is 274 g/mol. The number of carboxylic acid groups (broad SMARTS) is 1. The van der Waals surface area contributed by atoms with Crippen LogP contribution in [-0.2, 0) is 14.8 Å².